The zero-order valence-electron chi connectivity index (χ0n) is 17.8. The molecule has 1 heterocycles. The van der Waals surface area contributed by atoms with E-state index in [-0.39, 0.29) is 34.0 Å². The van der Waals surface area contributed by atoms with Crippen molar-refractivity contribution < 1.29 is 18.9 Å². The number of amides is 2. The third-order valence-electron chi connectivity index (χ3n) is 4.64. The van der Waals surface area contributed by atoms with Gasteiger partial charge in [-0.1, -0.05) is 37.0 Å². The van der Waals surface area contributed by atoms with Gasteiger partial charge in [0.2, 0.25) is 5.91 Å². The fourth-order valence-electron chi connectivity index (χ4n) is 3.19. The van der Waals surface area contributed by atoms with E-state index < -0.39 is 13.0 Å². The van der Waals surface area contributed by atoms with Gasteiger partial charge in [-0.2, -0.15) is 0 Å². The maximum absolute atomic E-state index is 12.6. The zero-order chi connectivity index (χ0) is 22.8. The summed E-state index contributed by atoms with van der Waals surface area (Å²) in [5, 5.41) is 9.27. The van der Waals surface area contributed by atoms with Gasteiger partial charge in [-0.25, -0.2) is 0 Å². The van der Waals surface area contributed by atoms with Crippen molar-refractivity contribution in [1.82, 2.24) is 16.0 Å². The Labute approximate surface area is 202 Å². The number of carbonyl (C=O) groups is 2. The molecule has 7 nitrogen and oxygen atoms in total. The van der Waals surface area contributed by atoms with Gasteiger partial charge in [-0.15, -0.1) is 0 Å². The highest BCUT2D eigenvalue weighted by Crippen LogP contribution is 2.31. The first-order chi connectivity index (χ1) is 14.8. The predicted molar refractivity (Wildman–Crippen MR) is 128 cm³/mol. The first-order valence-corrected chi connectivity index (χ1v) is 12.0. The van der Waals surface area contributed by atoms with Crippen molar-refractivity contribution in [3.8, 4) is 0 Å². The number of hydrogen-bond acceptors (Lipinski definition) is 5. The van der Waals surface area contributed by atoms with Gasteiger partial charge in [0.25, 0.3) is 5.91 Å². The van der Waals surface area contributed by atoms with E-state index in [2.05, 4.69) is 45.7 Å². The molecule has 0 unspecified atom stereocenters. The maximum Gasteiger partial charge on any atom is 0.480 e. The molecule has 1 aliphatic heterocycles. The van der Waals surface area contributed by atoms with Crippen LogP contribution >= 0.6 is 39.1 Å². The van der Waals surface area contributed by atoms with Crippen LogP contribution in [0.3, 0.4) is 0 Å². The molecule has 0 saturated carbocycles. The second-order valence-corrected chi connectivity index (χ2v) is 9.41. The number of carbonyl (C=O) groups excluding carboxylic acids is 2. The fourth-order valence-corrected chi connectivity index (χ4v) is 4.22. The Bertz CT molecular complexity index is 747. The van der Waals surface area contributed by atoms with Crippen LogP contribution in [0.5, 0.6) is 0 Å². The normalized spacial score (nSPS) is 16.6. The molecule has 1 fully saturated rings. The molecule has 31 heavy (non-hydrogen) atoms. The second kappa shape index (κ2) is 13.7. The summed E-state index contributed by atoms with van der Waals surface area (Å²) in [6, 6.07) is 3.22. The molecule has 0 aliphatic carbocycles. The molecule has 1 aliphatic rings. The van der Waals surface area contributed by atoms with E-state index in [1.807, 2.05) is 0 Å². The first-order valence-electron chi connectivity index (χ1n) is 10.4. The Morgan fingerprint density at radius 3 is 2.45 bits per heavy atom. The minimum atomic E-state index is -0.531. The Kier molecular flexibility index (Phi) is 11.6. The summed E-state index contributed by atoms with van der Waals surface area (Å²) in [6.07, 6.45) is 2.43. The van der Waals surface area contributed by atoms with Crippen LogP contribution in [0.25, 0.3) is 0 Å². The fraction of sp³-hybridized carbons (Fsp3) is 0.600. The molecule has 3 N–H and O–H groups in total. The van der Waals surface area contributed by atoms with Crippen molar-refractivity contribution >= 4 is 58.1 Å². The molecule has 0 radical (unpaired) electrons. The van der Waals surface area contributed by atoms with Crippen molar-refractivity contribution in [3.05, 3.63) is 32.2 Å². The smallest absolute Gasteiger partial charge is 0.410 e. The lowest BCUT2D eigenvalue weighted by Gasteiger charge is -2.27. The summed E-state index contributed by atoms with van der Waals surface area (Å²) >= 11 is 15.4. The van der Waals surface area contributed by atoms with Gasteiger partial charge in [-0.05, 0) is 66.3 Å². The highest BCUT2D eigenvalue weighted by atomic mass is 79.9. The molecule has 1 atom stereocenters. The largest absolute Gasteiger partial charge is 0.480 e. The van der Waals surface area contributed by atoms with Crippen molar-refractivity contribution in [2.45, 2.75) is 39.1 Å². The molecule has 1 aromatic carbocycles. The number of hydrogen-bond donors (Lipinski definition) is 3. The van der Waals surface area contributed by atoms with Crippen LogP contribution in [0.15, 0.2) is 16.6 Å². The van der Waals surface area contributed by atoms with Gasteiger partial charge in [0.05, 0.1) is 28.1 Å². The van der Waals surface area contributed by atoms with Crippen molar-refractivity contribution in [2.75, 3.05) is 32.8 Å². The number of rotatable bonds is 7. The van der Waals surface area contributed by atoms with Crippen molar-refractivity contribution in [2.24, 2.45) is 5.92 Å². The summed E-state index contributed by atoms with van der Waals surface area (Å²) in [5.74, 6) is -0.823. The lowest BCUT2D eigenvalue weighted by Crippen LogP contribution is -2.52. The lowest BCUT2D eigenvalue weighted by molar-refractivity contribution is -0.120. The van der Waals surface area contributed by atoms with Crippen molar-refractivity contribution in [3.63, 3.8) is 0 Å². The van der Waals surface area contributed by atoms with Gasteiger partial charge >= 0.3 is 7.12 Å². The average molecular weight is 537 g/mol. The summed E-state index contributed by atoms with van der Waals surface area (Å²) in [4.78, 5) is 25.2. The van der Waals surface area contributed by atoms with Gasteiger partial charge in [-0.3, -0.25) is 9.59 Å². The van der Waals surface area contributed by atoms with Crippen LogP contribution in [-0.2, 0) is 14.1 Å². The third-order valence-corrected chi connectivity index (χ3v) is 6.11. The molecule has 2 amide bonds. The topological polar surface area (TPSA) is 88.7 Å². The van der Waals surface area contributed by atoms with E-state index in [0.717, 1.165) is 25.9 Å². The van der Waals surface area contributed by atoms with Crippen LogP contribution in [0.1, 0.15) is 43.5 Å². The molecular formula is C20H29BBrCl2N3O4. The molecule has 0 spiro atoms. The van der Waals surface area contributed by atoms with E-state index >= 15 is 0 Å². The Morgan fingerprint density at radius 1 is 1.19 bits per heavy atom. The third kappa shape index (κ3) is 8.90. The lowest BCUT2D eigenvalue weighted by atomic mass is 9.73. The van der Waals surface area contributed by atoms with Gasteiger partial charge < -0.3 is 25.3 Å². The van der Waals surface area contributed by atoms with Crippen LogP contribution in [0.4, 0.5) is 0 Å². The Morgan fingerprint density at radius 2 is 1.84 bits per heavy atom. The van der Waals surface area contributed by atoms with Crippen LogP contribution in [-0.4, -0.2) is 57.7 Å². The minimum absolute atomic E-state index is 0.129. The van der Waals surface area contributed by atoms with Crippen LogP contribution in [0, 0.1) is 5.92 Å². The first kappa shape index (κ1) is 26.4. The SMILES string of the molecule is CC(C)C[C@H](NC(=O)CNC(=O)c1c(Br)ccc(Cl)c1Cl)B1OCCCNCCCO1. The van der Waals surface area contributed by atoms with Crippen molar-refractivity contribution in [1.29, 1.82) is 0 Å². The monoisotopic (exact) mass is 535 g/mol. The van der Waals surface area contributed by atoms with Gasteiger partial charge in [0.1, 0.15) is 0 Å². The number of benzene rings is 1. The second-order valence-electron chi connectivity index (χ2n) is 7.77. The summed E-state index contributed by atoms with van der Waals surface area (Å²) in [5.41, 5.74) is 0.188. The summed E-state index contributed by atoms with van der Waals surface area (Å²) < 4.78 is 12.3. The molecular weight excluding hydrogens is 508 g/mol. The minimum Gasteiger partial charge on any atom is -0.410 e. The highest BCUT2D eigenvalue weighted by molar-refractivity contribution is 9.10. The van der Waals surface area contributed by atoms with Crippen LogP contribution in [0.2, 0.25) is 10.0 Å². The average Bonchev–Trinajstić information content (AvgIpc) is 2.72. The predicted octanol–water partition coefficient (Wildman–Crippen LogP) is 3.46. The van der Waals surface area contributed by atoms with Gasteiger partial charge in [0.15, 0.2) is 0 Å². The number of halogens is 3. The molecule has 172 valence electrons. The zero-order valence-corrected chi connectivity index (χ0v) is 20.9. The summed E-state index contributed by atoms with van der Waals surface area (Å²) in [6.45, 7) is 6.80. The molecule has 0 aromatic heterocycles. The molecule has 11 heteroatoms. The van der Waals surface area contributed by atoms with E-state index in [1.54, 1.807) is 12.1 Å². The Hall–Kier alpha value is -0.835. The molecule has 1 saturated heterocycles. The van der Waals surface area contributed by atoms with E-state index in [0.29, 0.717) is 30.0 Å². The van der Waals surface area contributed by atoms with E-state index in [1.165, 1.54) is 0 Å². The quantitative estimate of drug-likeness (QED) is 0.367. The van der Waals surface area contributed by atoms with E-state index in [4.69, 9.17) is 32.5 Å². The molecule has 1 aromatic rings. The van der Waals surface area contributed by atoms with E-state index in [9.17, 15) is 9.59 Å². The molecule has 0 bridgehead atoms. The standard InChI is InChI=1S/C20H29BBrCl2N3O4/c1-13(2)11-16(21-30-9-3-7-25-8-4-10-31-21)27-17(28)12-26-20(29)18-14(22)5-6-15(23)19(18)24/h5-6,13,16,25H,3-4,7-12H2,1-2H3,(H,26,29)(H,27,28)/t16-/m0/s1. The number of nitrogens with one attached hydrogen (secondary N) is 3. The maximum atomic E-state index is 12.6. The highest BCUT2D eigenvalue weighted by Gasteiger charge is 2.32. The molecule has 2 rings (SSSR count). The Balaban J connectivity index is 1.98. The van der Waals surface area contributed by atoms with Gasteiger partial charge in [0, 0.05) is 17.7 Å². The van der Waals surface area contributed by atoms with Crippen LogP contribution < -0.4 is 16.0 Å². The summed E-state index contributed by atoms with van der Waals surface area (Å²) in [7, 11) is -0.531.